The molecule has 3 rings (SSSR count). The lowest BCUT2D eigenvalue weighted by atomic mass is 10.2. The Kier molecular flexibility index (Phi) is 6.44. The molecule has 0 atom stereocenters. The van der Waals surface area contributed by atoms with E-state index in [1.54, 1.807) is 18.3 Å². The Hall–Kier alpha value is -2.70. The van der Waals surface area contributed by atoms with Gasteiger partial charge in [-0.05, 0) is 60.5 Å². The fourth-order valence-electron chi connectivity index (χ4n) is 2.49. The SMILES string of the molecule is Cc1ccc(Cl)cc1N=Cc1cc(Br)ccc1OCc1ccc([N+](=O)[O-])cc1. The van der Waals surface area contributed by atoms with Crippen molar-refractivity contribution in [2.45, 2.75) is 13.5 Å². The number of aryl methyl sites for hydroxylation is 1. The zero-order chi connectivity index (χ0) is 20.1. The number of non-ortho nitro benzene ring substituents is 1. The van der Waals surface area contributed by atoms with Crippen molar-refractivity contribution in [2.24, 2.45) is 4.99 Å². The lowest BCUT2D eigenvalue weighted by Gasteiger charge is -2.10. The van der Waals surface area contributed by atoms with E-state index in [0.717, 1.165) is 26.9 Å². The highest BCUT2D eigenvalue weighted by Gasteiger charge is 2.07. The second-order valence-electron chi connectivity index (χ2n) is 6.08. The number of nitrogens with zero attached hydrogens (tertiary/aromatic N) is 2. The van der Waals surface area contributed by atoms with Crippen LogP contribution in [0.15, 0.2) is 70.1 Å². The maximum absolute atomic E-state index is 10.7. The number of halogens is 2. The van der Waals surface area contributed by atoms with Gasteiger partial charge in [-0.15, -0.1) is 0 Å². The Morgan fingerprint density at radius 1 is 1.14 bits per heavy atom. The molecule has 0 bridgehead atoms. The number of rotatable bonds is 6. The van der Waals surface area contributed by atoms with Gasteiger partial charge in [-0.3, -0.25) is 15.1 Å². The summed E-state index contributed by atoms with van der Waals surface area (Å²) in [5.41, 5.74) is 3.49. The molecule has 0 aliphatic rings. The molecule has 0 aliphatic carbocycles. The van der Waals surface area contributed by atoms with Crippen LogP contribution in [0.4, 0.5) is 11.4 Å². The molecule has 0 N–H and O–H groups in total. The average molecular weight is 460 g/mol. The van der Waals surface area contributed by atoms with Crippen molar-refractivity contribution in [3.05, 3.63) is 97.0 Å². The normalized spacial score (nSPS) is 11.0. The molecule has 0 saturated heterocycles. The largest absolute Gasteiger partial charge is 0.488 e. The molecule has 142 valence electrons. The first-order chi connectivity index (χ1) is 13.4. The van der Waals surface area contributed by atoms with Crippen molar-refractivity contribution < 1.29 is 9.66 Å². The van der Waals surface area contributed by atoms with Gasteiger partial charge in [0.2, 0.25) is 0 Å². The molecule has 3 aromatic carbocycles. The van der Waals surface area contributed by atoms with Crippen LogP contribution in [0.1, 0.15) is 16.7 Å². The third kappa shape index (κ3) is 5.18. The maximum Gasteiger partial charge on any atom is 0.269 e. The molecule has 0 saturated carbocycles. The zero-order valence-electron chi connectivity index (χ0n) is 14.9. The fourth-order valence-corrected chi connectivity index (χ4v) is 3.03. The molecule has 7 heteroatoms. The van der Waals surface area contributed by atoms with Crippen LogP contribution in [0.3, 0.4) is 0 Å². The number of nitro benzene ring substituents is 1. The van der Waals surface area contributed by atoms with Crippen molar-refractivity contribution in [3.8, 4) is 5.75 Å². The van der Waals surface area contributed by atoms with E-state index in [-0.39, 0.29) is 12.3 Å². The van der Waals surface area contributed by atoms with Gasteiger partial charge in [-0.25, -0.2) is 0 Å². The number of nitro groups is 1. The zero-order valence-corrected chi connectivity index (χ0v) is 17.3. The van der Waals surface area contributed by atoms with Crippen LogP contribution in [0.25, 0.3) is 0 Å². The molecule has 0 aromatic heterocycles. The van der Waals surface area contributed by atoms with E-state index in [4.69, 9.17) is 16.3 Å². The Labute approximate surface area is 175 Å². The standard InChI is InChI=1S/C21H16BrClN2O3/c1-14-2-6-18(23)11-20(14)24-12-16-10-17(22)5-9-21(16)28-13-15-3-7-19(8-4-15)25(26)27/h2-12H,13H2,1H3. The van der Waals surface area contributed by atoms with Gasteiger partial charge >= 0.3 is 0 Å². The third-order valence-corrected chi connectivity index (χ3v) is 4.76. The van der Waals surface area contributed by atoms with E-state index in [1.807, 2.05) is 43.3 Å². The number of hydrogen-bond donors (Lipinski definition) is 0. The smallest absolute Gasteiger partial charge is 0.269 e. The van der Waals surface area contributed by atoms with Gasteiger partial charge < -0.3 is 4.74 Å². The van der Waals surface area contributed by atoms with Crippen LogP contribution >= 0.6 is 27.5 Å². The monoisotopic (exact) mass is 458 g/mol. The molecule has 0 spiro atoms. The summed E-state index contributed by atoms with van der Waals surface area (Å²) in [6.07, 6.45) is 1.73. The van der Waals surface area contributed by atoms with Gasteiger partial charge in [0.1, 0.15) is 12.4 Å². The van der Waals surface area contributed by atoms with Crippen molar-refractivity contribution in [2.75, 3.05) is 0 Å². The van der Waals surface area contributed by atoms with Gasteiger partial charge in [-0.2, -0.15) is 0 Å². The van der Waals surface area contributed by atoms with E-state index >= 15 is 0 Å². The topological polar surface area (TPSA) is 64.7 Å². The first-order valence-electron chi connectivity index (χ1n) is 8.38. The summed E-state index contributed by atoms with van der Waals surface area (Å²) in [4.78, 5) is 14.9. The fraction of sp³-hybridized carbons (Fsp3) is 0.0952. The van der Waals surface area contributed by atoms with Crippen molar-refractivity contribution in [3.63, 3.8) is 0 Å². The third-order valence-electron chi connectivity index (χ3n) is 4.03. The highest BCUT2D eigenvalue weighted by Crippen LogP contribution is 2.26. The summed E-state index contributed by atoms with van der Waals surface area (Å²) in [5.74, 6) is 0.657. The minimum absolute atomic E-state index is 0.0529. The molecule has 0 unspecified atom stereocenters. The quantitative estimate of drug-likeness (QED) is 0.235. The average Bonchev–Trinajstić information content (AvgIpc) is 2.68. The van der Waals surface area contributed by atoms with E-state index in [9.17, 15) is 10.1 Å². The number of ether oxygens (including phenoxy) is 1. The van der Waals surface area contributed by atoms with Gasteiger partial charge in [-0.1, -0.05) is 33.6 Å². The predicted molar refractivity (Wildman–Crippen MR) is 115 cm³/mol. The second kappa shape index (κ2) is 8.99. The molecule has 5 nitrogen and oxygen atoms in total. The van der Waals surface area contributed by atoms with E-state index < -0.39 is 4.92 Å². The first-order valence-corrected chi connectivity index (χ1v) is 9.55. The van der Waals surface area contributed by atoms with Crippen molar-refractivity contribution in [1.82, 2.24) is 0 Å². The molecule has 0 aliphatic heterocycles. The molecule has 0 radical (unpaired) electrons. The van der Waals surface area contributed by atoms with Gasteiger partial charge in [0, 0.05) is 33.4 Å². The van der Waals surface area contributed by atoms with Crippen LogP contribution in [-0.4, -0.2) is 11.1 Å². The molecule has 0 fully saturated rings. The van der Waals surface area contributed by atoms with E-state index in [1.165, 1.54) is 12.1 Å². The number of hydrogen-bond acceptors (Lipinski definition) is 4. The molecular weight excluding hydrogens is 444 g/mol. The van der Waals surface area contributed by atoms with Crippen LogP contribution in [0.5, 0.6) is 5.75 Å². The van der Waals surface area contributed by atoms with Crippen LogP contribution in [-0.2, 0) is 6.61 Å². The van der Waals surface area contributed by atoms with Gasteiger partial charge in [0.25, 0.3) is 5.69 Å². The van der Waals surface area contributed by atoms with Crippen LogP contribution < -0.4 is 4.74 Å². The van der Waals surface area contributed by atoms with E-state index in [2.05, 4.69) is 20.9 Å². The molecule has 28 heavy (non-hydrogen) atoms. The highest BCUT2D eigenvalue weighted by atomic mass is 79.9. The maximum atomic E-state index is 10.7. The second-order valence-corrected chi connectivity index (χ2v) is 7.44. The molecule has 0 amide bonds. The summed E-state index contributed by atoms with van der Waals surface area (Å²) >= 11 is 9.52. The Morgan fingerprint density at radius 3 is 2.61 bits per heavy atom. The van der Waals surface area contributed by atoms with Crippen molar-refractivity contribution in [1.29, 1.82) is 0 Å². The Balaban J connectivity index is 1.79. The van der Waals surface area contributed by atoms with Gasteiger partial charge in [0.15, 0.2) is 0 Å². The lowest BCUT2D eigenvalue weighted by Crippen LogP contribution is -1.99. The van der Waals surface area contributed by atoms with Crippen LogP contribution in [0, 0.1) is 17.0 Å². The first kappa shape index (κ1) is 20.0. The van der Waals surface area contributed by atoms with E-state index in [0.29, 0.717) is 10.8 Å². The molecule has 0 heterocycles. The Morgan fingerprint density at radius 2 is 1.89 bits per heavy atom. The van der Waals surface area contributed by atoms with Crippen molar-refractivity contribution >= 4 is 45.1 Å². The summed E-state index contributed by atoms with van der Waals surface area (Å²) in [5, 5.41) is 11.4. The minimum atomic E-state index is -0.425. The Bertz CT molecular complexity index is 1040. The molecule has 3 aromatic rings. The minimum Gasteiger partial charge on any atom is -0.488 e. The summed E-state index contributed by atoms with van der Waals surface area (Å²) in [7, 11) is 0. The summed E-state index contributed by atoms with van der Waals surface area (Å²) < 4.78 is 6.82. The summed E-state index contributed by atoms with van der Waals surface area (Å²) in [6, 6.07) is 17.5. The van der Waals surface area contributed by atoms with Gasteiger partial charge in [0.05, 0.1) is 10.6 Å². The van der Waals surface area contributed by atoms with Crippen LogP contribution in [0.2, 0.25) is 5.02 Å². The number of aliphatic imine (C=N–C) groups is 1. The molecular formula is C21H16BrClN2O3. The number of benzene rings is 3. The highest BCUT2D eigenvalue weighted by molar-refractivity contribution is 9.10. The summed E-state index contributed by atoms with van der Waals surface area (Å²) in [6.45, 7) is 2.26. The lowest BCUT2D eigenvalue weighted by molar-refractivity contribution is -0.384. The predicted octanol–water partition coefficient (Wildman–Crippen LogP) is 6.65.